The van der Waals surface area contributed by atoms with Gasteiger partial charge in [0.25, 0.3) is 0 Å². The Morgan fingerprint density at radius 2 is 2.07 bits per heavy atom. The van der Waals surface area contributed by atoms with Gasteiger partial charge >= 0.3 is 0 Å². The van der Waals surface area contributed by atoms with Crippen molar-refractivity contribution in [1.82, 2.24) is 10.2 Å². The Kier molecular flexibility index (Phi) is 3.10. The zero-order chi connectivity index (χ0) is 10.8. The molecule has 0 saturated carbocycles. The minimum atomic E-state index is 0.0869. The second-order valence-electron chi connectivity index (χ2n) is 4.59. The molecule has 15 heavy (non-hydrogen) atoms. The summed E-state index contributed by atoms with van der Waals surface area (Å²) in [6.45, 7) is 6.42. The zero-order valence-electron chi connectivity index (χ0n) is 9.41. The third kappa shape index (κ3) is 2.07. The summed E-state index contributed by atoms with van der Waals surface area (Å²) in [5.41, 5.74) is 0. The number of nitrogens with one attached hydrogen (secondary N) is 1. The maximum Gasteiger partial charge on any atom is 0.246 e. The molecule has 2 heterocycles. The second-order valence-corrected chi connectivity index (χ2v) is 4.59. The lowest BCUT2D eigenvalue weighted by atomic mass is 9.98. The van der Waals surface area contributed by atoms with Crippen molar-refractivity contribution < 1.29 is 4.79 Å². The van der Waals surface area contributed by atoms with Gasteiger partial charge in [-0.3, -0.25) is 4.79 Å². The summed E-state index contributed by atoms with van der Waals surface area (Å²) in [4.78, 5) is 13.6. The summed E-state index contributed by atoms with van der Waals surface area (Å²) < 4.78 is 0. The Hall–Kier alpha value is -0.830. The van der Waals surface area contributed by atoms with Crippen molar-refractivity contribution in [2.24, 2.45) is 0 Å². The molecule has 0 aromatic carbocycles. The predicted octanol–water partition coefficient (Wildman–Crippen LogP) is 1.30. The molecule has 0 aromatic rings. The lowest BCUT2D eigenvalue weighted by Gasteiger charge is -2.36. The highest BCUT2D eigenvalue weighted by atomic mass is 16.2. The van der Waals surface area contributed by atoms with E-state index in [2.05, 4.69) is 11.9 Å². The number of piperidine rings is 1. The number of rotatable bonds is 3. The van der Waals surface area contributed by atoms with E-state index in [1.165, 1.54) is 18.9 Å². The van der Waals surface area contributed by atoms with Crippen LogP contribution in [0.4, 0.5) is 0 Å². The molecule has 2 unspecified atom stereocenters. The molecule has 3 heteroatoms. The van der Waals surface area contributed by atoms with E-state index in [0.717, 1.165) is 19.4 Å². The first kappa shape index (κ1) is 10.7. The highest BCUT2D eigenvalue weighted by Crippen LogP contribution is 2.29. The number of hydrogen-bond acceptors (Lipinski definition) is 2. The third-order valence-corrected chi connectivity index (χ3v) is 3.69. The first-order valence-corrected chi connectivity index (χ1v) is 5.93. The number of nitrogens with zero attached hydrogens (tertiary/aromatic N) is 1. The fraction of sp³-hybridized carbons (Fsp3) is 0.750. The molecule has 2 bridgehead atoms. The van der Waals surface area contributed by atoms with Gasteiger partial charge in [0.2, 0.25) is 5.91 Å². The largest absolute Gasteiger partial charge is 0.336 e. The SMILES string of the molecule is C=CC(=O)N(CC)C1CC2CCC(C1)N2. The average Bonchev–Trinajstić information content (AvgIpc) is 2.59. The molecular formula is C12H20N2O. The summed E-state index contributed by atoms with van der Waals surface area (Å²) in [7, 11) is 0. The molecule has 0 aromatic heterocycles. The number of amides is 1. The smallest absolute Gasteiger partial charge is 0.246 e. The van der Waals surface area contributed by atoms with Crippen LogP contribution in [0.3, 0.4) is 0 Å². The van der Waals surface area contributed by atoms with E-state index in [1.807, 2.05) is 11.8 Å². The van der Waals surface area contributed by atoms with Crippen LogP contribution in [0.5, 0.6) is 0 Å². The van der Waals surface area contributed by atoms with E-state index in [4.69, 9.17) is 0 Å². The summed E-state index contributed by atoms with van der Waals surface area (Å²) in [5, 5.41) is 3.59. The Morgan fingerprint density at radius 3 is 2.53 bits per heavy atom. The van der Waals surface area contributed by atoms with E-state index < -0.39 is 0 Å². The van der Waals surface area contributed by atoms with Crippen LogP contribution in [0.25, 0.3) is 0 Å². The van der Waals surface area contributed by atoms with Crippen LogP contribution in [0.1, 0.15) is 32.6 Å². The van der Waals surface area contributed by atoms with Crippen molar-refractivity contribution in [3.05, 3.63) is 12.7 Å². The number of hydrogen-bond donors (Lipinski definition) is 1. The molecule has 1 N–H and O–H groups in total. The molecule has 2 saturated heterocycles. The molecule has 2 fully saturated rings. The van der Waals surface area contributed by atoms with Crippen molar-refractivity contribution in [3.63, 3.8) is 0 Å². The highest BCUT2D eigenvalue weighted by Gasteiger charge is 2.36. The predicted molar refractivity (Wildman–Crippen MR) is 60.6 cm³/mol. The van der Waals surface area contributed by atoms with Crippen LogP contribution in [0.2, 0.25) is 0 Å². The van der Waals surface area contributed by atoms with Gasteiger partial charge in [-0.25, -0.2) is 0 Å². The summed E-state index contributed by atoms with van der Waals surface area (Å²) >= 11 is 0. The van der Waals surface area contributed by atoms with Gasteiger partial charge in [0.15, 0.2) is 0 Å². The van der Waals surface area contributed by atoms with Crippen LogP contribution in [0, 0.1) is 0 Å². The standard InChI is InChI=1S/C12H20N2O/c1-3-12(15)14(4-2)11-7-9-5-6-10(8-11)13-9/h3,9-11,13H,1,4-8H2,2H3. The molecule has 0 spiro atoms. The summed E-state index contributed by atoms with van der Waals surface area (Å²) in [5.74, 6) is 0.0869. The first-order chi connectivity index (χ1) is 7.24. The van der Waals surface area contributed by atoms with Gasteiger partial charge in [-0.2, -0.15) is 0 Å². The van der Waals surface area contributed by atoms with Gasteiger partial charge < -0.3 is 10.2 Å². The lowest BCUT2D eigenvalue weighted by Crippen LogP contribution is -2.49. The molecule has 0 aliphatic carbocycles. The van der Waals surface area contributed by atoms with Crippen LogP contribution < -0.4 is 5.32 Å². The molecule has 84 valence electrons. The number of fused-ring (bicyclic) bond motifs is 2. The molecule has 3 nitrogen and oxygen atoms in total. The van der Waals surface area contributed by atoms with Gasteiger partial charge in [-0.05, 0) is 38.7 Å². The molecule has 2 rings (SSSR count). The normalized spacial score (nSPS) is 33.8. The van der Waals surface area contributed by atoms with Gasteiger partial charge in [0, 0.05) is 24.7 Å². The topological polar surface area (TPSA) is 32.3 Å². The molecule has 2 atom stereocenters. The Balaban J connectivity index is 2.02. The van der Waals surface area contributed by atoms with Crippen LogP contribution >= 0.6 is 0 Å². The monoisotopic (exact) mass is 208 g/mol. The quantitative estimate of drug-likeness (QED) is 0.709. The third-order valence-electron chi connectivity index (χ3n) is 3.69. The summed E-state index contributed by atoms with van der Waals surface area (Å²) in [6.07, 6.45) is 6.23. The van der Waals surface area contributed by atoms with Crippen molar-refractivity contribution in [2.75, 3.05) is 6.54 Å². The van der Waals surface area contributed by atoms with E-state index in [0.29, 0.717) is 18.1 Å². The summed E-state index contributed by atoms with van der Waals surface area (Å²) in [6, 6.07) is 1.71. The van der Waals surface area contributed by atoms with Gasteiger partial charge in [0.1, 0.15) is 0 Å². The maximum atomic E-state index is 11.7. The van der Waals surface area contributed by atoms with Crippen molar-refractivity contribution in [2.45, 2.75) is 50.7 Å². The molecular weight excluding hydrogens is 188 g/mol. The van der Waals surface area contributed by atoms with Crippen molar-refractivity contribution in [3.8, 4) is 0 Å². The Labute approximate surface area is 91.5 Å². The Morgan fingerprint density at radius 1 is 1.47 bits per heavy atom. The van der Waals surface area contributed by atoms with E-state index in [-0.39, 0.29) is 5.91 Å². The fourth-order valence-corrected chi connectivity index (χ4v) is 2.99. The van der Waals surface area contributed by atoms with Crippen LogP contribution in [0.15, 0.2) is 12.7 Å². The van der Waals surface area contributed by atoms with Crippen molar-refractivity contribution >= 4 is 5.91 Å². The van der Waals surface area contributed by atoms with E-state index in [1.54, 1.807) is 0 Å². The second kappa shape index (κ2) is 4.35. The van der Waals surface area contributed by atoms with E-state index >= 15 is 0 Å². The number of carbonyl (C=O) groups excluding carboxylic acids is 1. The molecule has 2 aliphatic heterocycles. The van der Waals surface area contributed by atoms with Gasteiger partial charge in [0.05, 0.1) is 0 Å². The van der Waals surface area contributed by atoms with Gasteiger partial charge in [-0.1, -0.05) is 6.58 Å². The van der Waals surface area contributed by atoms with Crippen LogP contribution in [-0.2, 0) is 4.79 Å². The number of likely N-dealkylation sites (N-methyl/N-ethyl adjacent to an activating group) is 1. The molecule has 0 radical (unpaired) electrons. The minimum absolute atomic E-state index is 0.0869. The maximum absolute atomic E-state index is 11.7. The Bertz CT molecular complexity index is 252. The van der Waals surface area contributed by atoms with Crippen molar-refractivity contribution in [1.29, 1.82) is 0 Å². The fourth-order valence-electron chi connectivity index (χ4n) is 2.99. The minimum Gasteiger partial charge on any atom is -0.336 e. The van der Waals surface area contributed by atoms with Crippen LogP contribution in [-0.4, -0.2) is 35.5 Å². The molecule has 1 amide bonds. The van der Waals surface area contributed by atoms with Gasteiger partial charge in [-0.15, -0.1) is 0 Å². The highest BCUT2D eigenvalue weighted by molar-refractivity contribution is 5.87. The zero-order valence-corrected chi connectivity index (χ0v) is 9.41. The number of carbonyl (C=O) groups is 1. The molecule has 2 aliphatic rings. The van der Waals surface area contributed by atoms with E-state index in [9.17, 15) is 4.79 Å². The lowest BCUT2D eigenvalue weighted by molar-refractivity contribution is -0.128. The first-order valence-electron chi connectivity index (χ1n) is 5.93. The average molecular weight is 208 g/mol.